The van der Waals surface area contributed by atoms with Gasteiger partial charge in [0.1, 0.15) is 0 Å². The van der Waals surface area contributed by atoms with Crippen LogP contribution in [0.1, 0.15) is 12.8 Å². The molecule has 0 radical (unpaired) electrons. The average molecular weight is 319 g/mol. The molecule has 0 aromatic heterocycles. The van der Waals surface area contributed by atoms with E-state index in [2.05, 4.69) is 25.3 Å². The van der Waals surface area contributed by atoms with E-state index in [1.807, 2.05) is 0 Å². The van der Waals surface area contributed by atoms with E-state index in [0.717, 1.165) is 0 Å². The first-order valence-electron chi connectivity index (χ1n) is 5.42. The van der Waals surface area contributed by atoms with Crippen molar-refractivity contribution in [2.45, 2.75) is 24.9 Å². The summed E-state index contributed by atoms with van der Waals surface area (Å²) in [7, 11) is -3.91. The molecule has 2 unspecified atom stereocenters. The third-order valence-corrected chi connectivity index (χ3v) is 8.69. The van der Waals surface area contributed by atoms with Crippen LogP contribution in [0.3, 0.4) is 0 Å². The van der Waals surface area contributed by atoms with Crippen LogP contribution in [-0.4, -0.2) is 52.9 Å². The SMILES string of the molecule is CO[Si](O)(CCCS)O[Si](O)(CCCS)OC. The zero-order valence-electron chi connectivity index (χ0n) is 10.3. The Balaban J connectivity index is 4.47. The minimum Gasteiger partial charge on any atom is -0.390 e. The second kappa shape index (κ2) is 8.94. The summed E-state index contributed by atoms with van der Waals surface area (Å²) in [5.41, 5.74) is 0. The Morgan fingerprint density at radius 1 is 0.882 bits per heavy atom. The maximum atomic E-state index is 10.2. The molecule has 0 amide bonds. The highest BCUT2D eigenvalue weighted by Gasteiger charge is 2.47. The van der Waals surface area contributed by atoms with Crippen LogP contribution in [0.4, 0.5) is 0 Å². The van der Waals surface area contributed by atoms with Gasteiger partial charge in [-0.05, 0) is 24.3 Å². The maximum Gasteiger partial charge on any atom is 0.490 e. The lowest BCUT2D eigenvalue weighted by Crippen LogP contribution is -2.55. The van der Waals surface area contributed by atoms with Gasteiger partial charge < -0.3 is 22.6 Å². The predicted octanol–water partition coefficient (Wildman–Crippen LogP) is 0.798. The Morgan fingerprint density at radius 3 is 1.47 bits per heavy atom. The van der Waals surface area contributed by atoms with Crippen LogP contribution in [0, 0.1) is 0 Å². The molecule has 2 atom stereocenters. The molecular formula is C8H22O5S2Si2. The van der Waals surface area contributed by atoms with Crippen molar-refractivity contribution in [3.63, 3.8) is 0 Å². The topological polar surface area (TPSA) is 68.2 Å². The van der Waals surface area contributed by atoms with Crippen molar-refractivity contribution in [2.24, 2.45) is 0 Å². The third kappa shape index (κ3) is 7.18. The first-order valence-corrected chi connectivity index (χ1v) is 10.6. The van der Waals surface area contributed by atoms with Gasteiger partial charge in [-0.2, -0.15) is 25.3 Å². The minimum absolute atomic E-state index is 0.368. The third-order valence-electron chi connectivity index (χ3n) is 2.26. The molecule has 9 heteroatoms. The van der Waals surface area contributed by atoms with E-state index in [1.54, 1.807) is 0 Å². The van der Waals surface area contributed by atoms with Crippen molar-refractivity contribution in [3.05, 3.63) is 0 Å². The molecular weight excluding hydrogens is 296 g/mol. The van der Waals surface area contributed by atoms with Crippen molar-refractivity contribution in [2.75, 3.05) is 25.7 Å². The van der Waals surface area contributed by atoms with E-state index in [0.29, 0.717) is 36.4 Å². The lowest BCUT2D eigenvalue weighted by atomic mass is 10.6. The summed E-state index contributed by atoms with van der Waals surface area (Å²) in [6.07, 6.45) is 1.33. The lowest BCUT2D eigenvalue weighted by Gasteiger charge is -2.30. The van der Waals surface area contributed by atoms with Crippen molar-refractivity contribution in [1.82, 2.24) is 0 Å². The van der Waals surface area contributed by atoms with E-state index < -0.39 is 17.6 Å². The Hall–Kier alpha value is 0.934. The van der Waals surface area contributed by atoms with Gasteiger partial charge in [0.25, 0.3) is 0 Å². The average Bonchev–Trinajstić information content (AvgIpc) is 2.34. The van der Waals surface area contributed by atoms with Gasteiger partial charge in [-0.3, -0.25) is 0 Å². The smallest absolute Gasteiger partial charge is 0.390 e. The van der Waals surface area contributed by atoms with Crippen LogP contribution < -0.4 is 0 Å². The first-order chi connectivity index (χ1) is 7.95. The number of hydrogen-bond donors (Lipinski definition) is 4. The molecule has 2 N–H and O–H groups in total. The van der Waals surface area contributed by atoms with E-state index in [4.69, 9.17) is 13.0 Å². The summed E-state index contributed by atoms with van der Waals surface area (Å²) in [6, 6.07) is 0.735. The van der Waals surface area contributed by atoms with E-state index >= 15 is 0 Å². The van der Waals surface area contributed by atoms with Crippen molar-refractivity contribution < 1.29 is 22.6 Å². The summed E-state index contributed by atoms with van der Waals surface area (Å²) in [4.78, 5) is 20.3. The first kappa shape index (κ1) is 17.9. The van der Waals surface area contributed by atoms with E-state index in [9.17, 15) is 9.59 Å². The number of thiol groups is 2. The van der Waals surface area contributed by atoms with Gasteiger partial charge in [-0.1, -0.05) is 0 Å². The Kier molecular flexibility index (Phi) is 9.43. The monoisotopic (exact) mass is 318 g/mol. The van der Waals surface area contributed by atoms with Crippen LogP contribution >= 0.6 is 25.3 Å². The molecule has 0 aliphatic heterocycles. The Morgan fingerprint density at radius 2 is 1.24 bits per heavy atom. The lowest BCUT2D eigenvalue weighted by molar-refractivity contribution is 0.116. The highest BCUT2D eigenvalue weighted by atomic mass is 32.1. The predicted molar refractivity (Wildman–Crippen MR) is 77.6 cm³/mol. The molecule has 0 aromatic rings. The second-order valence-corrected chi connectivity index (χ2v) is 9.97. The van der Waals surface area contributed by atoms with Gasteiger partial charge >= 0.3 is 17.6 Å². The van der Waals surface area contributed by atoms with Crippen LogP contribution in [0.25, 0.3) is 0 Å². The fraction of sp³-hybridized carbons (Fsp3) is 1.00. The minimum atomic E-state index is -3.34. The highest BCUT2D eigenvalue weighted by molar-refractivity contribution is 7.80. The van der Waals surface area contributed by atoms with Crippen molar-refractivity contribution in [3.8, 4) is 0 Å². The summed E-state index contributed by atoms with van der Waals surface area (Å²) in [5, 5.41) is 0. The number of hydrogen-bond acceptors (Lipinski definition) is 7. The molecule has 0 heterocycles. The molecule has 5 nitrogen and oxygen atoms in total. The fourth-order valence-corrected chi connectivity index (χ4v) is 7.29. The summed E-state index contributed by atoms with van der Waals surface area (Å²) >= 11 is 8.14. The molecule has 104 valence electrons. The summed E-state index contributed by atoms with van der Waals surface area (Å²) < 4.78 is 15.5. The molecule has 0 aliphatic rings. The van der Waals surface area contributed by atoms with E-state index in [1.165, 1.54) is 14.2 Å². The van der Waals surface area contributed by atoms with Crippen LogP contribution in [-0.2, 0) is 13.0 Å². The Bertz CT molecular complexity index is 194. The van der Waals surface area contributed by atoms with Gasteiger partial charge in [0.15, 0.2) is 0 Å². The van der Waals surface area contributed by atoms with Crippen molar-refractivity contribution >= 4 is 42.9 Å². The van der Waals surface area contributed by atoms with Gasteiger partial charge in [0, 0.05) is 26.3 Å². The fourth-order valence-electron chi connectivity index (χ4n) is 1.24. The molecule has 0 fully saturated rings. The molecule has 17 heavy (non-hydrogen) atoms. The number of rotatable bonds is 10. The summed E-state index contributed by atoms with van der Waals surface area (Å²) in [6.45, 7) is 0. The van der Waals surface area contributed by atoms with Crippen LogP contribution in [0.2, 0.25) is 12.1 Å². The molecule has 0 aliphatic carbocycles. The highest BCUT2D eigenvalue weighted by Crippen LogP contribution is 2.21. The zero-order valence-corrected chi connectivity index (χ0v) is 14.0. The van der Waals surface area contributed by atoms with Crippen molar-refractivity contribution in [1.29, 1.82) is 0 Å². The molecule has 0 spiro atoms. The summed E-state index contributed by atoms with van der Waals surface area (Å²) in [5.74, 6) is 1.26. The zero-order chi connectivity index (χ0) is 13.4. The largest absolute Gasteiger partial charge is 0.490 e. The normalized spacial score (nSPS) is 18.7. The van der Waals surface area contributed by atoms with Gasteiger partial charge in [0.2, 0.25) is 0 Å². The molecule has 0 saturated heterocycles. The van der Waals surface area contributed by atoms with Crippen LogP contribution in [0.15, 0.2) is 0 Å². The van der Waals surface area contributed by atoms with Gasteiger partial charge in [0.05, 0.1) is 0 Å². The van der Waals surface area contributed by atoms with Gasteiger partial charge in [-0.15, -0.1) is 0 Å². The van der Waals surface area contributed by atoms with Gasteiger partial charge in [-0.25, -0.2) is 0 Å². The van der Waals surface area contributed by atoms with Crippen LogP contribution in [0.5, 0.6) is 0 Å². The Labute approximate surface area is 116 Å². The molecule has 0 bridgehead atoms. The molecule has 0 aromatic carbocycles. The standard InChI is InChI=1S/C8H22O5S2Si2/c1-11-16(9,7-3-5-14)13-17(10,12-2)8-4-6-15/h9-10,14-15H,3-8H2,1-2H3. The molecule has 0 rings (SSSR count). The second-order valence-electron chi connectivity index (χ2n) is 3.59. The molecule has 0 saturated carbocycles. The maximum absolute atomic E-state index is 10.2. The quantitative estimate of drug-likeness (QED) is 0.354. The van der Waals surface area contributed by atoms with E-state index in [-0.39, 0.29) is 0 Å².